The number of hydrogen-bond donors (Lipinski definition) is 1. The SMILES string of the molecule is CCCc1[nH]c(CCC)c(CCC)c1CCC. The number of aromatic nitrogens is 1. The molecule has 0 aliphatic carbocycles. The van der Waals surface area contributed by atoms with Crippen LogP contribution in [0.5, 0.6) is 0 Å². The predicted octanol–water partition coefficient (Wildman–Crippen LogP) is 4.82. The van der Waals surface area contributed by atoms with Crippen molar-refractivity contribution >= 4 is 0 Å². The summed E-state index contributed by atoms with van der Waals surface area (Å²) in [7, 11) is 0. The number of rotatable bonds is 8. The van der Waals surface area contributed by atoms with Crippen LogP contribution in [0.1, 0.15) is 75.9 Å². The van der Waals surface area contributed by atoms with E-state index in [-0.39, 0.29) is 0 Å². The lowest BCUT2D eigenvalue weighted by molar-refractivity contribution is 0.828. The molecule has 0 unspecified atom stereocenters. The molecule has 17 heavy (non-hydrogen) atoms. The summed E-state index contributed by atoms with van der Waals surface area (Å²) < 4.78 is 0. The molecule has 0 spiro atoms. The Kier molecular flexibility index (Phi) is 6.39. The highest BCUT2D eigenvalue weighted by Crippen LogP contribution is 2.24. The summed E-state index contributed by atoms with van der Waals surface area (Å²) in [6.07, 6.45) is 9.96. The maximum atomic E-state index is 3.72. The fraction of sp³-hybridized carbons (Fsp3) is 0.750. The highest BCUT2D eigenvalue weighted by atomic mass is 14.7. The second-order valence-electron chi connectivity index (χ2n) is 5.04. The third-order valence-corrected chi connectivity index (χ3v) is 3.39. The maximum Gasteiger partial charge on any atom is 0.0184 e. The monoisotopic (exact) mass is 235 g/mol. The topological polar surface area (TPSA) is 15.8 Å². The molecule has 1 N–H and O–H groups in total. The van der Waals surface area contributed by atoms with Crippen LogP contribution in [-0.4, -0.2) is 4.98 Å². The molecule has 0 atom stereocenters. The van der Waals surface area contributed by atoms with E-state index >= 15 is 0 Å². The van der Waals surface area contributed by atoms with E-state index in [1.807, 2.05) is 0 Å². The first kappa shape index (κ1) is 14.3. The van der Waals surface area contributed by atoms with E-state index in [1.165, 1.54) is 62.8 Å². The minimum atomic E-state index is 1.22. The summed E-state index contributed by atoms with van der Waals surface area (Å²) in [6.45, 7) is 9.13. The van der Waals surface area contributed by atoms with Gasteiger partial charge in [0.15, 0.2) is 0 Å². The van der Waals surface area contributed by atoms with Crippen molar-refractivity contribution in [1.29, 1.82) is 0 Å². The van der Waals surface area contributed by atoms with Crippen molar-refractivity contribution in [3.63, 3.8) is 0 Å². The van der Waals surface area contributed by atoms with Gasteiger partial charge in [0.2, 0.25) is 0 Å². The van der Waals surface area contributed by atoms with Crippen LogP contribution in [0.25, 0.3) is 0 Å². The molecule has 1 heteroatoms. The molecule has 0 bridgehead atoms. The van der Waals surface area contributed by atoms with E-state index in [0.29, 0.717) is 0 Å². The Morgan fingerprint density at radius 1 is 0.588 bits per heavy atom. The molecule has 0 radical (unpaired) electrons. The fourth-order valence-corrected chi connectivity index (χ4v) is 2.73. The van der Waals surface area contributed by atoms with Gasteiger partial charge in [0.1, 0.15) is 0 Å². The molecule has 0 saturated heterocycles. The molecular formula is C16H29N. The first-order valence-corrected chi connectivity index (χ1v) is 7.49. The molecule has 1 rings (SSSR count). The van der Waals surface area contributed by atoms with Crippen LogP contribution in [0, 0.1) is 0 Å². The van der Waals surface area contributed by atoms with Crippen LogP contribution in [0.2, 0.25) is 0 Å². The van der Waals surface area contributed by atoms with E-state index < -0.39 is 0 Å². The Balaban J connectivity index is 3.07. The second-order valence-corrected chi connectivity index (χ2v) is 5.04. The summed E-state index contributed by atoms with van der Waals surface area (Å²) >= 11 is 0. The Hall–Kier alpha value is -0.720. The van der Waals surface area contributed by atoms with Gasteiger partial charge < -0.3 is 4.98 Å². The Bertz CT molecular complexity index is 292. The van der Waals surface area contributed by atoms with Gasteiger partial charge in [0.05, 0.1) is 0 Å². The zero-order valence-electron chi connectivity index (χ0n) is 12.2. The van der Waals surface area contributed by atoms with Crippen molar-refractivity contribution in [2.24, 2.45) is 0 Å². The zero-order valence-corrected chi connectivity index (χ0v) is 12.2. The van der Waals surface area contributed by atoms with E-state index in [0.717, 1.165) is 0 Å². The van der Waals surface area contributed by atoms with Crippen LogP contribution in [0.3, 0.4) is 0 Å². The molecular weight excluding hydrogens is 206 g/mol. The summed E-state index contributed by atoms with van der Waals surface area (Å²) in [5, 5.41) is 0. The van der Waals surface area contributed by atoms with Crippen molar-refractivity contribution in [2.75, 3.05) is 0 Å². The second kappa shape index (κ2) is 7.58. The summed E-state index contributed by atoms with van der Waals surface area (Å²) in [4.78, 5) is 3.72. The fourth-order valence-electron chi connectivity index (χ4n) is 2.73. The molecule has 1 aromatic rings. The Morgan fingerprint density at radius 3 is 1.24 bits per heavy atom. The first-order valence-electron chi connectivity index (χ1n) is 7.49. The number of hydrogen-bond acceptors (Lipinski definition) is 0. The van der Waals surface area contributed by atoms with Crippen molar-refractivity contribution < 1.29 is 0 Å². The van der Waals surface area contributed by atoms with E-state index in [9.17, 15) is 0 Å². The molecule has 0 aliphatic heterocycles. The average Bonchev–Trinajstić information content (AvgIpc) is 2.61. The molecule has 0 aromatic carbocycles. The van der Waals surface area contributed by atoms with E-state index in [1.54, 1.807) is 11.1 Å². The van der Waals surface area contributed by atoms with Crippen LogP contribution < -0.4 is 0 Å². The van der Waals surface area contributed by atoms with Crippen LogP contribution in [0.15, 0.2) is 0 Å². The van der Waals surface area contributed by atoms with Crippen molar-refractivity contribution in [3.8, 4) is 0 Å². The molecule has 0 aliphatic rings. The quantitative estimate of drug-likeness (QED) is 0.664. The molecule has 0 fully saturated rings. The van der Waals surface area contributed by atoms with Gasteiger partial charge in [-0.05, 0) is 36.8 Å². The van der Waals surface area contributed by atoms with Gasteiger partial charge in [-0.15, -0.1) is 0 Å². The van der Waals surface area contributed by atoms with Crippen molar-refractivity contribution in [2.45, 2.75) is 79.1 Å². The molecule has 98 valence electrons. The molecule has 1 aromatic heterocycles. The first-order chi connectivity index (χ1) is 8.28. The maximum absolute atomic E-state index is 3.72. The highest BCUT2D eigenvalue weighted by Gasteiger charge is 2.14. The van der Waals surface area contributed by atoms with E-state index in [4.69, 9.17) is 0 Å². The largest absolute Gasteiger partial charge is 0.362 e. The molecule has 0 saturated carbocycles. The van der Waals surface area contributed by atoms with Gasteiger partial charge >= 0.3 is 0 Å². The van der Waals surface area contributed by atoms with Gasteiger partial charge in [-0.25, -0.2) is 0 Å². The Morgan fingerprint density at radius 2 is 0.941 bits per heavy atom. The summed E-state index contributed by atoms with van der Waals surface area (Å²) in [5.41, 5.74) is 6.36. The number of aromatic amines is 1. The third kappa shape index (κ3) is 3.62. The van der Waals surface area contributed by atoms with Gasteiger partial charge in [0, 0.05) is 11.4 Å². The lowest BCUT2D eigenvalue weighted by Crippen LogP contribution is -1.96. The lowest BCUT2D eigenvalue weighted by atomic mass is 9.97. The molecule has 0 amide bonds. The standard InChI is InChI=1S/C16H29N/c1-5-9-13-14(10-6-2)16(12-8-4)17-15(13)11-7-3/h17H,5-12H2,1-4H3. The van der Waals surface area contributed by atoms with Crippen LogP contribution in [-0.2, 0) is 25.7 Å². The summed E-state index contributed by atoms with van der Waals surface area (Å²) in [6, 6.07) is 0. The zero-order chi connectivity index (χ0) is 12.7. The molecule has 1 nitrogen and oxygen atoms in total. The number of nitrogens with one attached hydrogen (secondary N) is 1. The van der Waals surface area contributed by atoms with Gasteiger partial charge in [-0.3, -0.25) is 0 Å². The van der Waals surface area contributed by atoms with Crippen molar-refractivity contribution in [1.82, 2.24) is 4.98 Å². The molecule has 1 heterocycles. The van der Waals surface area contributed by atoms with Gasteiger partial charge in [-0.1, -0.05) is 53.4 Å². The van der Waals surface area contributed by atoms with Crippen LogP contribution in [0.4, 0.5) is 0 Å². The summed E-state index contributed by atoms with van der Waals surface area (Å²) in [5.74, 6) is 0. The van der Waals surface area contributed by atoms with Crippen LogP contribution >= 0.6 is 0 Å². The smallest absolute Gasteiger partial charge is 0.0184 e. The predicted molar refractivity (Wildman–Crippen MR) is 76.8 cm³/mol. The number of aryl methyl sites for hydroxylation is 2. The number of H-pyrrole nitrogens is 1. The highest BCUT2D eigenvalue weighted by molar-refractivity contribution is 5.38. The normalized spacial score (nSPS) is 11.1. The van der Waals surface area contributed by atoms with Gasteiger partial charge in [0.25, 0.3) is 0 Å². The minimum Gasteiger partial charge on any atom is -0.362 e. The van der Waals surface area contributed by atoms with Crippen molar-refractivity contribution in [3.05, 3.63) is 22.5 Å². The lowest BCUT2D eigenvalue weighted by Gasteiger charge is -2.06. The average molecular weight is 235 g/mol. The van der Waals surface area contributed by atoms with Gasteiger partial charge in [-0.2, -0.15) is 0 Å². The third-order valence-electron chi connectivity index (χ3n) is 3.39. The Labute approximate surface area is 107 Å². The van der Waals surface area contributed by atoms with E-state index in [2.05, 4.69) is 32.7 Å². The minimum absolute atomic E-state index is 1.22.